The number of thioether (sulfide) groups is 1. The second-order valence-electron chi connectivity index (χ2n) is 4.89. The lowest BCUT2D eigenvalue weighted by atomic mass is 10.2. The Morgan fingerprint density at radius 2 is 1.92 bits per heavy atom. The van der Waals surface area contributed by atoms with Gasteiger partial charge in [-0.15, -0.1) is 11.8 Å². The fourth-order valence-electron chi connectivity index (χ4n) is 1.88. The van der Waals surface area contributed by atoms with E-state index >= 15 is 0 Å². The van der Waals surface area contributed by atoms with Crippen molar-refractivity contribution in [3.05, 3.63) is 58.1 Å². The molecule has 0 fully saturated rings. The van der Waals surface area contributed by atoms with Crippen LogP contribution in [0.15, 0.2) is 47.4 Å². The number of hydrogen-bond donors (Lipinski definition) is 1. The molecule has 0 saturated carbocycles. The Kier molecular flexibility index (Phi) is 6.54. The van der Waals surface area contributed by atoms with Crippen LogP contribution in [0.25, 0.3) is 0 Å². The van der Waals surface area contributed by atoms with Crippen LogP contribution in [0.1, 0.15) is 17.3 Å². The highest BCUT2D eigenvalue weighted by molar-refractivity contribution is 7.98. The molecule has 1 N–H and O–H groups in total. The molecule has 2 aromatic carbocycles. The third kappa shape index (κ3) is 4.90. The highest BCUT2D eigenvalue weighted by Gasteiger charge is 2.21. The predicted molar refractivity (Wildman–Crippen MR) is 98.2 cm³/mol. The molecule has 0 saturated heterocycles. The summed E-state index contributed by atoms with van der Waals surface area (Å²) in [6.45, 7) is 1.49. The predicted octanol–water partition coefficient (Wildman–Crippen LogP) is 4.90. The van der Waals surface area contributed by atoms with Crippen LogP contribution in [-0.2, 0) is 9.53 Å². The molecule has 2 rings (SSSR count). The summed E-state index contributed by atoms with van der Waals surface area (Å²) in [5.41, 5.74) is 0.753. The van der Waals surface area contributed by atoms with Crippen LogP contribution in [0.2, 0.25) is 10.0 Å². The quantitative estimate of drug-likeness (QED) is 0.589. The van der Waals surface area contributed by atoms with Crippen LogP contribution >= 0.6 is 35.0 Å². The first kappa shape index (κ1) is 18.6. The van der Waals surface area contributed by atoms with Gasteiger partial charge in [-0.1, -0.05) is 29.3 Å². The lowest BCUT2D eigenvalue weighted by molar-refractivity contribution is -0.123. The van der Waals surface area contributed by atoms with E-state index in [9.17, 15) is 9.59 Å². The SMILES string of the molecule is CSc1ccc(Cl)c(C(=O)O[C@@H](C)C(=O)Nc2cccc(Cl)c2)c1. The van der Waals surface area contributed by atoms with Crippen LogP contribution in [-0.4, -0.2) is 24.2 Å². The van der Waals surface area contributed by atoms with Crippen molar-refractivity contribution in [2.75, 3.05) is 11.6 Å². The Bertz CT molecular complexity index is 767. The lowest BCUT2D eigenvalue weighted by Gasteiger charge is -2.14. The van der Waals surface area contributed by atoms with E-state index in [-0.39, 0.29) is 10.6 Å². The Morgan fingerprint density at radius 1 is 1.17 bits per heavy atom. The third-order valence-corrected chi connectivity index (χ3v) is 4.43. The van der Waals surface area contributed by atoms with E-state index in [1.807, 2.05) is 6.26 Å². The molecule has 0 aliphatic carbocycles. The highest BCUT2D eigenvalue weighted by atomic mass is 35.5. The minimum atomic E-state index is -0.981. The van der Waals surface area contributed by atoms with Crippen LogP contribution in [0.4, 0.5) is 5.69 Å². The summed E-state index contributed by atoms with van der Waals surface area (Å²) in [6.07, 6.45) is 0.907. The molecule has 2 aromatic rings. The monoisotopic (exact) mass is 383 g/mol. The molecule has 0 radical (unpaired) electrons. The summed E-state index contributed by atoms with van der Waals surface area (Å²) >= 11 is 13.4. The second-order valence-corrected chi connectivity index (χ2v) is 6.62. The molecular formula is C17H15Cl2NO3S. The maximum Gasteiger partial charge on any atom is 0.340 e. The molecule has 126 valence electrons. The number of rotatable bonds is 5. The average molecular weight is 384 g/mol. The van der Waals surface area contributed by atoms with Crippen molar-refractivity contribution in [1.82, 2.24) is 0 Å². The minimum absolute atomic E-state index is 0.228. The Labute approximate surface area is 154 Å². The van der Waals surface area contributed by atoms with Gasteiger partial charge in [0.15, 0.2) is 6.10 Å². The molecule has 1 atom stereocenters. The van der Waals surface area contributed by atoms with Gasteiger partial charge in [-0.25, -0.2) is 4.79 Å². The maximum atomic E-state index is 12.2. The summed E-state index contributed by atoms with van der Waals surface area (Å²) < 4.78 is 5.20. The third-order valence-electron chi connectivity index (χ3n) is 3.14. The number of ether oxygens (including phenoxy) is 1. The molecule has 0 aliphatic heterocycles. The highest BCUT2D eigenvalue weighted by Crippen LogP contribution is 2.24. The first-order chi connectivity index (χ1) is 11.4. The lowest BCUT2D eigenvalue weighted by Crippen LogP contribution is -2.30. The number of halogens is 2. The van der Waals surface area contributed by atoms with Crippen molar-refractivity contribution in [2.24, 2.45) is 0 Å². The second kappa shape index (κ2) is 8.42. The fraction of sp³-hybridized carbons (Fsp3) is 0.176. The zero-order valence-corrected chi connectivity index (χ0v) is 15.3. The van der Waals surface area contributed by atoms with E-state index in [0.29, 0.717) is 10.7 Å². The van der Waals surface area contributed by atoms with Gasteiger partial charge in [-0.3, -0.25) is 4.79 Å². The number of carbonyl (C=O) groups excluding carboxylic acids is 2. The molecule has 4 nitrogen and oxygen atoms in total. The van der Waals surface area contributed by atoms with E-state index in [1.54, 1.807) is 42.5 Å². The van der Waals surface area contributed by atoms with Crippen molar-refractivity contribution in [2.45, 2.75) is 17.9 Å². The van der Waals surface area contributed by atoms with Gasteiger partial charge in [0.2, 0.25) is 0 Å². The summed E-state index contributed by atoms with van der Waals surface area (Å²) in [6, 6.07) is 11.8. The fourth-order valence-corrected chi connectivity index (χ4v) is 2.70. The standard InChI is InChI=1S/C17H15Cl2NO3S/c1-10(16(21)20-12-5-3-4-11(18)8-12)23-17(22)14-9-13(24-2)6-7-15(14)19/h3-10H,1-2H3,(H,20,21)/t10-/m0/s1. The number of amides is 1. The molecule has 0 unspecified atom stereocenters. The van der Waals surface area contributed by atoms with Gasteiger partial charge < -0.3 is 10.1 Å². The van der Waals surface area contributed by atoms with Crippen molar-refractivity contribution >= 4 is 52.5 Å². The smallest absolute Gasteiger partial charge is 0.340 e. The summed E-state index contributed by atoms with van der Waals surface area (Å²) in [7, 11) is 0. The first-order valence-electron chi connectivity index (χ1n) is 7.01. The normalized spacial score (nSPS) is 11.7. The van der Waals surface area contributed by atoms with Gasteiger partial charge in [0.05, 0.1) is 10.6 Å². The number of anilines is 1. The first-order valence-corrected chi connectivity index (χ1v) is 8.99. The van der Waals surface area contributed by atoms with Crippen molar-refractivity contribution in [1.29, 1.82) is 0 Å². The average Bonchev–Trinajstić information content (AvgIpc) is 2.55. The van der Waals surface area contributed by atoms with Crippen molar-refractivity contribution < 1.29 is 14.3 Å². The van der Waals surface area contributed by atoms with Crippen molar-refractivity contribution in [3.8, 4) is 0 Å². The van der Waals surface area contributed by atoms with Gasteiger partial charge in [0.1, 0.15) is 0 Å². The van der Waals surface area contributed by atoms with Gasteiger partial charge >= 0.3 is 5.97 Å². The van der Waals surface area contributed by atoms with Crippen LogP contribution in [0.3, 0.4) is 0 Å². The molecule has 1 amide bonds. The molecule has 0 spiro atoms. The topological polar surface area (TPSA) is 55.4 Å². The zero-order chi connectivity index (χ0) is 17.7. The van der Waals surface area contributed by atoms with E-state index in [4.69, 9.17) is 27.9 Å². The molecule has 0 heterocycles. The molecule has 7 heteroatoms. The summed E-state index contributed by atoms with van der Waals surface area (Å²) in [5.74, 6) is -1.10. The van der Waals surface area contributed by atoms with Crippen LogP contribution in [0, 0.1) is 0 Å². The Morgan fingerprint density at radius 3 is 2.58 bits per heavy atom. The number of carbonyl (C=O) groups is 2. The Hall–Kier alpha value is -1.69. The van der Waals surface area contributed by atoms with Crippen LogP contribution in [0.5, 0.6) is 0 Å². The Balaban J connectivity index is 2.04. The molecule has 0 aromatic heterocycles. The van der Waals surface area contributed by atoms with Gasteiger partial charge in [-0.2, -0.15) is 0 Å². The number of benzene rings is 2. The number of hydrogen-bond acceptors (Lipinski definition) is 4. The van der Waals surface area contributed by atoms with Crippen LogP contribution < -0.4 is 5.32 Å². The molecule has 24 heavy (non-hydrogen) atoms. The van der Waals surface area contributed by atoms with E-state index < -0.39 is 18.0 Å². The zero-order valence-electron chi connectivity index (χ0n) is 13.0. The largest absolute Gasteiger partial charge is 0.449 e. The number of esters is 1. The number of nitrogens with one attached hydrogen (secondary N) is 1. The summed E-state index contributed by atoms with van der Waals surface area (Å²) in [4.78, 5) is 25.2. The van der Waals surface area contributed by atoms with Crippen molar-refractivity contribution in [3.63, 3.8) is 0 Å². The molecule has 0 bridgehead atoms. The summed E-state index contributed by atoms with van der Waals surface area (Å²) in [5, 5.41) is 3.42. The molecular weight excluding hydrogens is 369 g/mol. The van der Waals surface area contributed by atoms with Gasteiger partial charge in [0, 0.05) is 15.6 Å². The van der Waals surface area contributed by atoms with E-state index in [2.05, 4.69) is 5.32 Å². The van der Waals surface area contributed by atoms with Gasteiger partial charge in [-0.05, 0) is 49.6 Å². The minimum Gasteiger partial charge on any atom is -0.449 e. The van der Waals surface area contributed by atoms with E-state index in [1.165, 1.54) is 18.7 Å². The van der Waals surface area contributed by atoms with Gasteiger partial charge in [0.25, 0.3) is 5.91 Å². The molecule has 0 aliphatic rings. The maximum absolute atomic E-state index is 12.2. The van der Waals surface area contributed by atoms with E-state index in [0.717, 1.165) is 4.90 Å².